The van der Waals surface area contributed by atoms with Crippen LogP contribution in [0.4, 0.5) is 0 Å². The molecule has 0 bridgehead atoms. The molecule has 0 aromatic rings. The summed E-state index contributed by atoms with van der Waals surface area (Å²) in [4.78, 5) is 5.14. The van der Waals surface area contributed by atoms with Gasteiger partial charge >= 0.3 is 0 Å². The zero-order valence-electron chi connectivity index (χ0n) is 8.72. The van der Waals surface area contributed by atoms with Gasteiger partial charge in [-0.2, -0.15) is 0 Å². The van der Waals surface area contributed by atoms with E-state index >= 15 is 0 Å². The third-order valence-corrected chi connectivity index (χ3v) is 4.40. The van der Waals surface area contributed by atoms with Crippen molar-refractivity contribution < 1.29 is 18.0 Å². The van der Waals surface area contributed by atoms with Gasteiger partial charge < -0.3 is 4.74 Å². The minimum atomic E-state index is -3.28. The molecule has 0 N–H and O–H groups in total. The van der Waals surface area contributed by atoms with Gasteiger partial charge in [0.25, 0.3) is 0 Å². The Morgan fingerprint density at radius 2 is 2.07 bits per heavy atom. The van der Waals surface area contributed by atoms with Gasteiger partial charge in [0, 0.05) is 13.2 Å². The zero-order valence-corrected chi connectivity index (χ0v) is 9.54. The van der Waals surface area contributed by atoms with E-state index in [1.165, 1.54) is 0 Å². The number of hydroxylamine groups is 1. The second-order valence-electron chi connectivity index (χ2n) is 3.98. The van der Waals surface area contributed by atoms with Crippen molar-refractivity contribution in [3.8, 4) is 0 Å². The van der Waals surface area contributed by atoms with Crippen LogP contribution < -0.4 is 0 Å². The number of sulfonamides is 1. The summed E-state index contributed by atoms with van der Waals surface area (Å²) in [6.45, 7) is 1.67. The SMILES string of the molecule is O=S(=O)(CC1CCCO1)N1CCCCO1. The van der Waals surface area contributed by atoms with E-state index in [9.17, 15) is 8.42 Å². The fraction of sp³-hybridized carbons (Fsp3) is 1.00. The van der Waals surface area contributed by atoms with Crippen LogP contribution in [0.5, 0.6) is 0 Å². The van der Waals surface area contributed by atoms with Gasteiger partial charge in [0.15, 0.2) is 0 Å². The van der Waals surface area contributed by atoms with E-state index in [0.29, 0.717) is 19.8 Å². The average molecular weight is 235 g/mol. The highest BCUT2D eigenvalue weighted by Crippen LogP contribution is 2.18. The first-order valence-corrected chi connectivity index (χ1v) is 7.04. The Balaban J connectivity index is 1.92. The third kappa shape index (κ3) is 2.90. The van der Waals surface area contributed by atoms with Gasteiger partial charge in [0.2, 0.25) is 10.0 Å². The summed E-state index contributed by atoms with van der Waals surface area (Å²) in [5, 5.41) is 0. The zero-order chi connectivity index (χ0) is 10.7. The second-order valence-corrected chi connectivity index (χ2v) is 5.88. The maximum Gasteiger partial charge on any atom is 0.238 e. The molecular weight excluding hydrogens is 218 g/mol. The summed E-state index contributed by atoms with van der Waals surface area (Å²) in [6, 6.07) is 0. The van der Waals surface area contributed by atoms with Crippen LogP contribution in [0, 0.1) is 0 Å². The predicted molar refractivity (Wildman–Crippen MR) is 54.7 cm³/mol. The molecular formula is C9H17NO4S. The van der Waals surface area contributed by atoms with E-state index in [1.54, 1.807) is 0 Å². The summed E-state index contributed by atoms with van der Waals surface area (Å²) in [7, 11) is -3.28. The summed E-state index contributed by atoms with van der Waals surface area (Å²) in [5.74, 6) is 0.0625. The quantitative estimate of drug-likeness (QED) is 0.715. The molecule has 2 saturated heterocycles. The van der Waals surface area contributed by atoms with Gasteiger partial charge in [0.1, 0.15) is 0 Å². The van der Waals surface area contributed by atoms with E-state index in [1.807, 2.05) is 0 Å². The monoisotopic (exact) mass is 235 g/mol. The molecule has 2 aliphatic heterocycles. The molecule has 6 heteroatoms. The first kappa shape index (κ1) is 11.3. The van der Waals surface area contributed by atoms with Crippen LogP contribution in [0.1, 0.15) is 25.7 Å². The van der Waals surface area contributed by atoms with E-state index in [-0.39, 0.29) is 11.9 Å². The lowest BCUT2D eigenvalue weighted by atomic mass is 10.3. The highest BCUT2D eigenvalue weighted by Gasteiger charge is 2.30. The third-order valence-electron chi connectivity index (χ3n) is 2.70. The lowest BCUT2D eigenvalue weighted by Crippen LogP contribution is -2.39. The number of ether oxygens (including phenoxy) is 1. The van der Waals surface area contributed by atoms with Crippen molar-refractivity contribution in [1.29, 1.82) is 0 Å². The van der Waals surface area contributed by atoms with E-state index < -0.39 is 10.0 Å². The number of rotatable bonds is 3. The van der Waals surface area contributed by atoms with Gasteiger partial charge in [-0.15, -0.1) is 0 Å². The molecule has 0 aromatic carbocycles. The standard InChI is InChI=1S/C9H17NO4S/c11-15(12,8-9-4-3-6-13-9)10-5-1-2-7-14-10/h9H,1-8H2. The van der Waals surface area contributed by atoms with Crippen LogP contribution >= 0.6 is 0 Å². The molecule has 2 heterocycles. The smallest absolute Gasteiger partial charge is 0.238 e. The molecule has 0 aliphatic carbocycles. The van der Waals surface area contributed by atoms with Crippen molar-refractivity contribution in [3.05, 3.63) is 0 Å². The topological polar surface area (TPSA) is 55.8 Å². The Bertz CT molecular complexity index is 291. The lowest BCUT2D eigenvalue weighted by molar-refractivity contribution is -0.109. The molecule has 0 radical (unpaired) electrons. The Morgan fingerprint density at radius 1 is 1.20 bits per heavy atom. The van der Waals surface area contributed by atoms with Crippen LogP contribution in [0.25, 0.3) is 0 Å². The minimum absolute atomic E-state index is 0.0625. The molecule has 1 unspecified atom stereocenters. The van der Waals surface area contributed by atoms with Crippen LogP contribution in [-0.4, -0.2) is 44.5 Å². The summed E-state index contributed by atoms with van der Waals surface area (Å²) in [5.41, 5.74) is 0. The fourth-order valence-electron chi connectivity index (χ4n) is 1.89. The number of hydrogen-bond acceptors (Lipinski definition) is 4. The van der Waals surface area contributed by atoms with Crippen molar-refractivity contribution >= 4 is 10.0 Å². The maximum absolute atomic E-state index is 11.9. The van der Waals surface area contributed by atoms with E-state index in [4.69, 9.17) is 9.57 Å². The number of hydrogen-bond donors (Lipinski definition) is 0. The molecule has 5 nitrogen and oxygen atoms in total. The van der Waals surface area contributed by atoms with Crippen molar-refractivity contribution in [3.63, 3.8) is 0 Å². The van der Waals surface area contributed by atoms with Crippen LogP contribution in [0.15, 0.2) is 0 Å². The summed E-state index contributed by atoms with van der Waals surface area (Å²) >= 11 is 0. The molecule has 1 atom stereocenters. The molecule has 15 heavy (non-hydrogen) atoms. The fourth-order valence-corrected chi connectivity index (χ4v) is 3.43. The molecule has 2 aliphatic rings. The van der Waals surface area contributed by atoms with Gasteiger partial charge in [-0.1, -0.05) is 4.47 Å². The number of nitrogens with zero attached hydrogens (tertiary/aromatic N) is 1. The van der Waals surface area contributed by atoms with Gasteiger partial charge in [-0.3, -0.25) is 4.84 Å². The van der Waals surface area contributed by atoms with Crippen LogP contribution in [-0.2, 0) is 19.6 Å². The highest BCUT2D eigenvalue weighted by molar-refractivity contribution is 7.89. The first-order valence-electron chi connectivity index (χ1n) is 5.43. The molecule has 88 valence electrons. The largest absolute Gasteiger partial charge is 0.377 e. The Kier molecular flexibility index (Phi) is 3.60. The Hall–Kier alpha value is -0.170. The van der Waals surface area contributed by atoms with Crippen LogP contribution in [0.2, 0.25) is 0 Å². The highest BCUT2D eigenvalue weighted by atomic mass is 32.2. The Labute approximate surface area is 90.3 Å². The van der Waals surface area contributed by atoms with Crippen molar-refractivity contribution in [2.24, 2.45) is 0 Å². The summed E-state index contributed by atoms with van der Waals surface area (Å²) in [6.07, 6.45) is 3.48. The van der Waals surface area contributed by atoms with Gasteiger partial charge in [-0.05, 0) is 25.7 Å². The van der Waals surface area contributed by atoms with E-state index in [2.05, 4.69) is 0 Å². The molecule has 0 spiro atoms. The molecule has 0 saturated carbocycles. The van der Waals surface area contributed by atoms with Gasteiger partial charge in [0.05, 0.1) is 18.5 Å². The molecule has 2 fully saturated rings. The van der Waals surface area contributed by atoms with Gasteiger partial charge in [-0.25, -0.2) is 8.42 Å². The molecule has 0 aromatic heterocycles. The maximum atomic E-state index is 11.9. The Morgan fingerprint density at radius 3 is 2.67 bits per heavy atom. The molecule has 2 rings (SSSR count). The van der Waals surface area contributed by atoms with E-state index in [0.717, 1.165) is 30.2 Å². The average Bonchev–Trinajstić information content (AvgIpc) is 2.71. The van der Waals surface area contributed by atoms with Crippen molar-refractivity contribution in [2.45, 2.75) is 31.8 Å². The summed E-state index contributed by atoms with van der Waals surface area (Å²) < 4.78 is 30.2. The normalized spacial score (nSPS) is 29.5. The lowest BCUT2D eigenvalue weighted by Gasteiger charge is -2.26. The van der Waals surface area contributed by atoms with Crippen molar-refractivity contribution in [2.75, 3.05) is 25.5 Å². The minimum Gasteiger partial charge on any atom is -0.377 e. The second kappa shape index (κ2) is 4.78. The predicted octanol–water partition coefficient (Wildman–Crippen LogP) is 0.523. The van der Waals surface area contributed by atoms with Crippen LogP contribution in [0.3, 0.4) is 0 Å². The molecule has 0 amide bonds. The first-order chi connectivity index (χ1) is 7.18. The van der Waals surface area contributed by atoms with Crippen molar-refractivity contribution in [1.82, 2.24) is 4.47 Å².